The number of pyridine rings is 1. The zero-order valence-corrected chi connectivity index (χ0v) is 26.5. The van der Waals surface area contributed by atoms with Crippen molar-refractivity contribution in [1.82, 2.24) is 4.98 Å². The van der Waals surface area contributed by atoms with E-state index in [0.717, 1.165) is 16.8 Å². The standard InChI is InChI=1S/C39H39N3O2/c1-23-20-24(2)34(25(3)21-23)42-36-35(38(4,5)29-15-8-9-16-30(29)39(36,6)7)41-37(42)27-13-10-14-28(22-27)44-32-19-18-26-12-11-17-31(43)33(26)40-32/h8-22,35-36,43H,1-7H3/t35-,36+/m1/s1. The average molecular weight is 582 g/mol. The summed E-state index contributed by atoms with van der Waals surface area (Å²) in [4.78, 5) is 12.8. The second kappa shape index (κ2) is 9.95. The number of hydrogen-bond donors (Lipinski definition) is 1. The molecule has 2 heterocycles. The molecule has 1 N–H and O–H groups in total. The van der Waals surface area contributed by atoms with Gasteiger partial charge < -0.3 is 14.7 Å². The van der Waals surface area contributed by atoms with E-state index in [1.807, 2.05) is 36.4 Å². The third-order valence-corrected chi connectivity index (χ3v) is 9.73. The van der Waals surface area contributed by atoms with Gasteiger partial charge in [-0.2, -0.15) is 0 Å². The number of aromatic nitrogens is 1. The first-order valence-corrected chi connectivity index (χ1v) is 15.4. The van der Waals surface area contributed by atoms with E-state index in [1.54, 1.807) is 6.07 Å². The van der Waals surface area contributed by atoms with E-state index in [4.69, 9.17) is 9.73 Å². The van der Waals surface area contributed by atoms with Crippen molar-refractivity contribution in [2.45, 2.75) is 71.4 Å². The molecule has 7 rings (SSSR count). The first kappa shape index (κ1) is 28.1. The third-order valence-electron chi connectivity index (χ3n) is 9.73. The third kappa shape index (κ3) is 4.29. The Kier molecular flexibility index (Phi) is 6.36. The number of rotatable bonds is 4. The quantitative estimate of drug-likeness (QED) is 0.230. The Morgan fingerprint density at radius 1 is 0.750 bits per heavy atom. The highest BCUT2D eigenvalue weighted by atomic mass is 16.5. The number of aryl methyl sites for hydroxylation is 3. The van der Waals surface area contributed by atoms with E-state index in [0.29, 0.717) is 17.1 Å². The predicted molar refractivity (Wildman–Crippen MR) is 180 cm³/mol. The fourth-order valence-corrected chi connectivity index (χ4v) is 7.74. The molecule has 0 unspecified atom stereocenters. The monoisotopic (exact) mass is 581 g/mol. The highest BCUT2D eigenvalue weighted by Crippen LogP contribution is 2.53. The molecule has 5 aromatic rings. The number of fused-ring (bicyclic) bond motifs is 3. The number of benzene rings is 4. The number of aromatic hydroxyl groups is 1. The SMILES string of the molecule is Cc1cc(C)c(N2C(c3cccc(Oc4ccc5cccc(O)c5n4)c3)=N[C@@H]3[C@H]2C(C)(C)c2ccccc2C3(C)C)c(C)c1. The lowest BCUT2D eigenvalue weighted by Crippen LogP contribution is -2.60. The number of amidine groups is 1. The fraction of sp³-hybridized carbons (Fsp3) is 0.282. The van der Waals surface area contributed by atoms with Crippen LogP contribution in [0.3, 0.4) is 0 Å². The summed E-state index contributed by atoms with van der Waals surface area (Å²) in [5.41, 5.74) is 8.91. The number of para-hydroxylation sites is 1. The Balaban J connectivity index is 1.37. The van der Waals surface area contributed by atoms with E-state index in [9.17, 15) is 5.11 Å². The maximum atomic E-state index is 10.4. The maximum Gasteiger partial charge on any atom is 0.219 e. The molecule has 0 amide bonds. The van der Waals surface area contributed by atoms with Crippen molar-refractivity contribution in [1.29, 1.82) is 0 Å². The highest BCUT2D eigenvalue weighted by molar-refractivity contribution is 6.13. The van der Waals surface area contributed by atoms with Crippen molar-refractivity contribution in [2.75, 3.05) is 4.90 Å². The summed E-state index contributed by atoms with van der Waals surface area (Å²) in [5.74, 6) is 2.19. The molecule has 1 aliphatic carbocycles. The summed E-state index contributed by atoms with van der Waals surface area (Å²) in [6.45, 7) is 16.0. The van der Waals surface area contributed by atoms with Crippen molar-refractivity contribution in [3.8, 4) is 17.4 Å². The minimum Gasteiger partial charge on any atom is -0.506 e. The van der Waals surface area contributed by atoms with Gasteiger partial charge in [0.05, 0.1) is 12.1 Å². The van der Waals surface area contributed by atoms with E-state index < -0.39 is 0 Å². The largest absolute Gasteiger partial charge is 0.506 e. The molecule has 222 valence electrons. The lowest BCUT2D eigenvalue weighted by molar-refractivity contribution is 0.256. The van der Waals surface area contributed by atoms with Crippen LogP contribution in [0.4, 0.5) is 5.69 Å². The van der Waals surface area contributed by atoms with Crippen LogP contribution in [0.5, 0.6) is 17.4 Å². The predicted octanol–water partition coefficient (Wildman–Crippen LogP) is 8.93. The summed E-state index contributed by atoms with van der Waals surface area (Å²) >= 11 is 0. The van der Waals surface area contributed by atoms with Crippen LogP contribution in [-0.2, 0) is 10.8 Å². The minimum atomic E-state index is -0.172. The van der Waals surface area contributed by atoms with Gasteiger partial charge in [0.15, 0.2) is 0 Å². The smallest absolute Gasteiger partial charge is 0.219 e. The van der Waals surface area contributed by atoms with Crippen molar-refractivity contribution < 1.29 is 9.84 Å². The van der Waals surface area contributed by atoms with Crippen LogP contribution in [-0.4, -0.2) is 28.0 Å². The van der Waals surface area contributed by atoms with Gasteiger partial charge in [0.25, 0.3) is 0 Å². The summed E-state index contributed by atoms with van der Waals surface area (Å²) in [6.07, 6.45) is 0. The summed E-state index contributed by atoms with van der Waals surface area (Å²) in [5, 5.41) is 11.2. The molecular weight excluding hydrogens is 542 g/mol. The molecule has 5 heteroatoms. The molecule has 2 atom stereocenters. The first-order chi connectivity index (χ1) is 21.0. The number of hydrogen-bond acceptors (Lipinski definition) is 5. The van der Waals surface area contributed by atoms with Crippen molar-refractivity contribution in [3.05, 3.63) is 124 Å². The van der Waals surface area contributed by atoms with Gasteiger partial charge in [-0.1, -0.05) is 93.9 Å². The zero-order valence-electron chi connectivity index (χ0n) is 26.5. The second-order valence-corrected chi connectivity index (χ2v) is 13.6. The first-order valence-electron chi connectivity index (χ1n) is 15.4. The molecule has 0 spiro atoms. The van der Waals surface area contributed by atoms with Gasteiger partial charge in [-0.05, 0) is 67.3 Å². The van der Waals surface area contributed by atoms with Crippen LogP contribution >= 0.6 is 0 Å². The normalized spacial score (nSPS) is 19.8. The van der Waals surface area contributed by atoms with Gasteiger partial charge in [0.2, 0.25) is 5.88 Å². The number of phenols is 1. The molecule has 2 aliphatic rings. The van der Waals surface area contributed by atoms with Crippen LogP contribution < -0.4 is 9.64 Å². The van der Waals surface area contributed by atoms with Gasteiger partial charge in [-0.25, -0.2) is 4.98 Å². The van der Waals surface area contributed by atoms with Gasteiger partial charge >= 0.3 is 0 Å². The highest BCUT2D eigenvalue weighted by Gasteiger charge is 2.57. The number of aliphatic imine (C=N–C) groups is 1. The van der Waals surface area contributed by atoms with E-state index in [1.165, 1.54) is 33.5 Å². The van der Waals surface area contributed by atoms with Crippen LogP contribution in [0.15, 0.2) is 96.0 Å². The molecule has 44 heavy (non-hydrogen) atoms. The topological polar surface area (TPSA) is 58.0 Å². The van der Waals surface area contributed by atoms with E-state index in [2.05, 4.69) is 107 Å². The number of ether oxygens (including phenoxy) is 1. The summed E-state index contributed by atoms with van der Waals surface area (Å²) < 4.78 is 6.30. The Labute approximate surface area is 259 Å². The molecule has 1 aliphatic heterocycles. The molecule has 0 radical (unpaired) electrons. The molecule has 0 saturated carbocycles. The van der Waals surface area contributed by atoms with Crippen molar-refractivity contribution in [3.63, 3.8) is 0 Å². The lowest BCUT2D eigenvalue weighted by atomic mass is 9.58. The van der Waals surface area contributed by atoms with E-state index in [-0.39, 0.29) is 28.7 Å². The maximum absolute atomic E-state index is 10.4. The molecule has 5 nitrogen and oxygen atoms in total. The number of anilines is 1. The Morgan fingerprint density at radius 3 is 2.16 bits per heavy atom. The van der Waals surface area contributed by atoms with Gasteiger partial charge in [0, 0.05) is 33.5 Å². The van der Waals surface area contributed by atoms with Crippen LogP contribution in [0.2, 0.25) is 0 Å². The molecule has 0 fully saturated rings. The zero-order chi connectivity index (χ0) is 31.0. The van der Waals surface area contributed by atoms with Gasteiger partial charge in [-0.15, -0.1) is 0 Å². The molecule has 0 bridgehead atoms. The molecular formula is C39H39N3O2. The molecule has 1 aromatic heterocycles. The lowest BCUT2D eigenvalue weighted by Gasteiger charge is -2.52. The van der Waals surface area contributed by atoms with E-state index >= 15 is 0 Å². The molecule has 4 aromatic carbocycles. The minimum absolute atomic E-state index is 0.0391. The van der Waals surface area contributed by atoms with Crippen LogP contribution in [0.1, 0.15) is 61.1 Å². The van der Waals surface area contributed by atoms with Crippen molar-refractivity contribution in [2.24, 2.45) is 4.99 Å². The Bertz CT molecular complexity index is 1950. The second-order valence-electron chi connectivity index (χ2n) is 13.6. The summed E-state index contributed by atoms with van der Waals surface area (Å²) in [6, 6.07) is 30.9. The summed E-state index contributed by atoms with van der Waals surface area (Å²) in [7, 11) is 0. The molecule has 0 saturated heterocycles. The Hall–Kier alpha value is -4.64. The van der Waals surface area contributed by atoms with Gasteiger partial charge in [-0.3, -0.25) is 4.99 Å². The number of phenolic OH excluding ortho intramolecular Hbond substituents is 1. The number of nitrogens with zero attached hydrogens (tertiary/aromatic N) is 3. The fourth-order valence-electron chi connectivity index (χ4n) is 7.74. The average Bonchev–Trinajstić information content (AvgIpc) is 3.39. The van der Waals surface area contributed by atoms with Crippen LogP contribution in [0.25, 0.3) is 10.9 Å². The van der Waals surface area contributed by atoms with Crippen molar-refractivity contribution >= 4 is 22.4 Å². The Morgan fingerprint density at radius 2 is 1.43 bits per heavy atom. The van der Waals surface area contributed by atoms with Crippen LogP contribution in [0, 0.1) is 20.8 Å². The van der Waals surface area contributed by atoms with Gasteiger partial charge in [0.1, 0.15) is 22.9 Å².